The fourth-order valence-electron chi connectivity index (χ4n) is 5.77. The summed E-state index contributed by atoms with van der Waals surface area (Å²) >= 11 is 0. The number of hydrogen-bond acceptors (Lipinski definition) is 6. The lowest BCUT2D eigenvalue weighted by Gasteiger charge is -2.45. The van der Waals surface area contributed by atoms with Crippen molar-refractivity contribution >= 4 is 11.7 Å². The number of rotatable bonds is 6. The minimum Gasteiger partial charge on any atom is -0.497 e. The minimum absolute atomic E-state index is 0.134. The first-order valence-corrected chi connectivity index (χ1v) is 11.8. The van der Waals surface area contributed by atoms with E-state index in [9.17, 15) is 4.79 Å². The number of amides is 1. The first kappa shape index (κ1) is 21.7. The van der Waals surface area contributed by atoms with Crippen LogP contribution in [-0.2, 0) is 10.3 Å². The first-order valence-electron chi connectivity index (χ1n) is 11.8. The Morgan fingerprint density at radius 2 is 2.15 bits per heavy atom. The van der Waals surface area contributed by atoms with Crippen molar-refractivity contribution in [3.8, 4) is 11.8 Å². The Kier molecular flexibility index (Phi) is 5.71. The normalized spacial score (nSPS) is 25.3. The number of nitrogens with zero attached hydrogens (tertiary/aromatic N) is 4. The number of aromatic nitrogens is 1. The highest BCUT2D eigenvalue weighted by Crippen LogP contribution is 2.42. The molecule has 1 amide bonds. The highest BCUT2D eigenvalue weighted by molar-refractivity contribution is 5.79. The van der Waals surface area contributed by atoms with Crippen LogP contribution in [0.2, 0.25) is 0 Å². The third kappa shape index (κ3) is 3.93. The Morgan fingerprint density at radius 3 is 2.79 bits per heavy atom. The van der Waals surface area contributed by atoms with E-state index in [1.807, 2.05) is 29.2 Å². The third-order valence-corrected chi connectivity index (χ3v) is 7.79. The second kappa shape index (κ2) is 8.68. The number of hydrogen-bond donors (Lipinski definition) is 1. The van der Waals surface area contributed by atoms with Gasteiger partial charge < -0.3 is 14.5 Å². The lowest BCUT2D eigenvalue weighted by Crippen LogP contribution is -2.59. The quantitative estimate of drug-likeness (QED) is 0.736. The van der Waals surface area contributed by atoms with Crippen LogP contribution >= 0.6 is 0 Å². The summed E-state index contributed by atoms with van der Waals surface area (Å²) in [5.74, 6) is 2.42. The van der Waals surface area contributed by atoms with Crippen molar-refractivity contribution < 1.29 is 9.53 Å². The monoisotopic (exact) mass is 445 g/mol. The SMILES string of the molecule is COc1cccc(C2(NCC(=O)N3CC4C[C@H](C)C(C3)N4c3ccc(C#N)cn3)CCC2)c1. The molecular weight excluding hydrogens is 414 g/mol. The van der Waals surface area contributed by atoms with Crippen LogP contribution in [0, 0.1) is 17.2 Å². The van der Waals surface area contributed by atoms with E-state index in [1.54, 1.807) is 13.3 Å². The predicted octanol–water partition coefficient (Wildman–Crippen LogP) is 3.06. The Balaban J connectivity index is 1.25. The summed E-state index contributed by atoms with van der Waals surface area (Å²) in [4.78, 5) is 22.2. The van der Waals surface area contributed by atoms with Gasteiger partial charge in [-0.3, -0.25) is 10.1 Å². The standard InChI is InChI=1S/C26H31N5O2/c1-18-11-21-16-30(17-23(18)31(21)24-8-7-19(13-27)14-28-24)25(32)15-29-26(9-4-10-26)20-5-3-6-22(12-20)33-2/h3,5-8,12,14,18,21,23,29H,4,9-11,15-17H2,1-2H3/t18-,21?,23?/m0/s1. The summed E-state index contributed by atoms with van der Waals surface area (Å²) in [5, 5.41) is 12.7. The van der Waals surface area contributed by atoms with E-state index in [4.69, 9.17) is 10.00 Å². The van der Waals surface area contributed by atoms with Gasteiger partial charge in [-0.05, 0) is 61.4 Å². The molecule has 1 N–H and O–H groups in total. The highest BCUT2D eigenvalue weighted by atomic mass is 16.5. The van der Waals surface area contributed by atoms with Crippen LogP contribution in [0.3, 0.4) is 0 Å². The van der Waals surface area contributed by atoms with Gasteiger partial charge in [0.25, 0.3) is 0 Å². The summed E-state index contributed by atoms with van der Waals surface area (Å²) in [6.07, 6.45) is 5.92. The maximum atomic E-state index is 13.3. The molecule has 0 spiro atoms. The number of anilines is 1. The number of benzene rings is 1. The molecule has 7 heteroatoms. The Morgan fingerprint density at radius 1 is 1.30 bits per heavy atom. The van der Waals surface area contributed by atoms with Crippen LogP contribution in [0.5, 0.6) is 5.75 Å². The Bertz CT molecular complexity index is 1060. The largest absolute Gasteiger partial charge is 0.497 e. The fourth-order valence-corrected chi connectivity index (χ4v) is 5.77. The van der Waals surface area contributed by atoms with Gasteiger partial charge in [-0.15, -0.1) is 0 Å². The molecule has 1 aromatic heterocycles. The van der Waals surface area contributed by atoms with Crippen molar-refractivity contribution in [2.45, 2.75) is 50.2 Å². The number of ether oxygens (including phenoxy) is 1. The van der Waals surface area contributed by atoms with Crippen molar-refractivity contribution in [1.29, 1.82) is 5.26 Å². The number of nitriles is 1. The molecule has 3 heterocycles. The molecule has 1 aromatic carbocycles. The molecule has 3 atom stereocenters. The van der Waals surface area contributed by atoms with Crippen LogP contribution < -0.4 is 15.0 Å². The Labute approximate surface area is 195 Å². The average molecular weight is 446 g/mol. The molecule has 33 heavy (non-hydrogen) atoms. The van der Waals surface area contributed by atoms with E-state index in [2.05, 4.69) is 40.3 Å². The molecule has 5 rings (SSSR count). The number of likely N-dealkylation sites (tertiary alicyclic amines) is 1. The van der Waals surface area contributed by atoms with Crippen molar-refractivity contribution in [3.63, 3.8) is 0 Å². The molecule has 0 radical (unpaired) electrons. The maximum Gasteiger partial charge on any atom is 0.236 e. The van der Waals surface area contributed by atoms with E-state index in [0.29, 0.717) is 24.6 Å². The maximum absolute atomic E-state index is 13.3. The summed E-state index contributed by atoms with van der Waals surface area (Å²) in [7, 11) is 1.69. The number of pyridine rings is 1. The molecule has 2 aliphatic heterocycles. The van der Waals surface area contributed by atoms with Crippen molar-refractivity contribution in [1.82, 2.24) is 15.2 Å². The van der Waals surface area contributed by atoms with Gasteiger partial charge in [0.15, 0.2) is 0 Å². The van der Waals surface area contributed by atoms with E-state index >= 15 is 0 Å². The van der Waals surface area contributed by atoms with Gasteiger partial charge in [-0.1, -0.05) is 19.1 Å². The molecule has 3 fully saturated rings. The zero-order valence-corrected chi connectivity index (χ0v) is 19.3. The number of carbonyl (C=O) groups is 1. The van der Waals surface area contributed by atoms with E-state index in [1.165, 1.54) is 5.56 Å². The van der Waals surface area contributed by atoms with Gasteiger partial charge in [-0.25, -0.2) is 4.98 Å². The second-order valence-electron chi connectivity index (χ2n) is 9.68. The number of piperazine rings is 1. The van der Waals surface area contributed by atoms with Crippen molar-refractivity contribution in [2.75, 3.05) is 31.6 Å². The molecule has 2 unspecified atom stereocenters. The predicted molar refractivity (Wildman–Crippen MR) is 126 cm³/mol. The number of carbonyl (C=O) groups excluding carboxylic acids is 1. The smallest absolute Gasteiger partial charge is 0.236 e. The molecule has 2 bridgehead atoms. The average Bonchev–Trinajstić information content (AvgIpc) is 3.02. The molecular formula is C26H31N5O2. The molecule has 1 aliphatic carbocycles. The molecule has 7 nitrogen and oxygen atoms in total. The molecule has 1 saturated carbocycles. The molecule has 2 saturated heterocycles. The summed E-state index contributed by atoms with van der Waals surface area (Å²) in [5.41, 5.74) is 1.64. The van der Waals surface area contributed by atoms with Crippen LogP contribution in [-0.4, -0.2) is 54.6 Å². The van der Waals surface area contributed by atoms with Gasteiger partial charge in [0.2, 0.25) is 5.91 Å². The topological polar surface area (TPSA) is 81.5 Å². The molecule has 3 aliphatic rings. The van der Waals surface area contributed by atoms with Crippen LogP contribution in [0.4, 0.5) is 5.82 Å². The van der Waals surface area contributed by atoms with Crippen molar-refractivity contribution in [2.24, 2.45) is 5.92 Å². The molecule has 2 aromatic rings. The zero-order chi connectivity index (χ0) is 23.0. The Hall–Kier alpha value is -3.11. The molecule has 172 valence electrons. The minimum atomic E-state index is -0.134. The fraction of sp³-hybridized carbons (Fsp3) is 0.500. The summed E-state index contributed by atoms with van der Waals surface area (Å²) in [6.45, 7) is 4.04. The summed E-state index contributed by atoms with van der Waals surface area (Å²) < 4.78 is 5.41. The highest BCUT2D eigenvalue weighted by Gasteiger charge is 2.46. The number of fused-ring (bicyclic) bond motifs is 2. The number of methoxy groups -OCH3 is 1. The second-order valence-corrected chi connectivity index (χ2v) is 9.68. The van der Waals surface area contributed by atoms with Crippen LogP contribution in [0.15, 0.2) is 42.6 Å². The van der Waals surface area contributed by atoms with Gasteiger partial charge >= 0.3 is 0 Å². The van der Waals surface area contributed by atoms with Gasteiger partial charge in [0.05, 0.1) is 25.3 Å². The lowest BCUT2D eigenvalue weighted by molar-refractivity contribution is -0.131. The van der Waals surface area contributed by atoms with E-state index in [0.717, 1.165) is 43.8 Å². The van der Waals surface area contributed by atoms with E-state index in [-0.39, 0.29) is 23.5 Å². The van der Waals surface area contributed by atoms with Gasteiger partial charge in [0, 0.05) is 30.9 Å². The summed E-state index contributed by atoms with van der Waals surface area (Å²) in [6, 6.07) is 14.6. The van der Waals surface area contributed by atoms with Gasteiger partial charge in [0.1, 0.15) is 17.6 Å². The van der Waals surface area contributed by atoms with E-state index < -0.39 is 0 Å². The van der Waals surface area contributed by atoms with Crippen LogP contribution in [0.25, 0.3) is 0 Å². The van der Waals surface area contributed by atoms with Crippen molar-refractivity contribution in [3.05, 3.63) is 53.7 Å². The number of nitrogens with one attached hydrogen (secondary N) is 1. The third-order valence-electron chi connectivity index (χ3n) is 7.79. The van der Waals surface area contributed by atoms with Crippen LogP contribution in [0.1, 0.15) is 43.7 Å². The first-order chi connectivity index (χ1) is 16.0. The van der Waals surface area contributed by atoms with Gasteiger partial charge in [-0.2, -0.15) is 5.26 Å². The zero-order valence-electron chi connectivity index (χ0n) is 19.3. The lowest BCUT2D eigenvalue weighted by atomic mass is 9.71.